The van der Waals surface area contributed by atoms with Crippen LogP contribution in [-0.4, -0.2) is 58.3 Å². The number of hydrogen-bond acceptors (Lipinski definition) is 5. The van der Waals surface area contributed by atoms with E-state index in [1.807, 2.05) is 44.2 Å². The predicted octanol–water partition coefficient (Wildman–Crippen LogP) is 2.22. The summed E-state index contributed by atoms with van der Waals surface area (Å²) >= 11 is 0. The molecule has 1 saturated carbocycles. The number of carbonyl (C=O) groups excluding carboxylic acids is 4. The molecule has 0 aromatic heterocycles. The SMILES string of the molecule is CC(C)N(Cc1ccccc1)C(=O)COC(=O)CN1C(=O)NC2(CCCCC2)C1=O. The predicted molar refractivity (Wildman–Crippen MR) is 109 cm³/mol. The van der Waals surface area contributed by atoms with Gasteiger partial charge < -0.3 is 15.0 Å². The molecule has 3 rings (SSSR count). The van der Waals surface area contributed by atoms with Crippen molar-refractivity contribution in [3.05, 3.63) is 35.9 Å². The van der Waals surface area contributed by atoms with Crippen LogP contribution in [0.15, 0.2) is 30.3 Å². The highest BCUT2D eigenvalue weighted by Gasteiger charge is 2.51. The van der Waals surface area contributed by atoms with E-state index in [0.717, 1.165) is 29.7 Å². The zero-order chi connectivity index (χ0) is 21.7. The van der Waals surface area contributed by atoms with E-state index in [-0.39, 0.29) is 17.9 Å². The highest BCUT2D eigenvalue weighted by molar-refractivity contribution is 6.08. The lowest BCUT2D eigenvalue weighted by molar-refractivity contribution is -0.154. The van der Waals surface area contributed by atoms with Crippen molar-refractivity contribution >= 4 is 23.8 Å². The number of amides is 4. The van der Waals surface area contributed by atoms with Crippen molar-refractivity contribution in [1.82, 2.24) is 15.1 Å². The highest BCUT2D eigenvalue weighted by atomic mass is 16.5. The molecule has 30 heavy (non-hydrogen) atoms. The Kier molecular flexibility index (Phi) is 6.74. The lowest BCUT2D eigenvalue weighted by Crippen LogP contribution is -2.48. The van der Waals surface area contributed by atoms with Gasteiger partial charge in [0.2, 0.25) is 0 Å². The van der Waals surface area contributed by atoms with Crippen molar-refractivity contribution in [1.29, 1.82) is 0 Å². The molecule has 1 aromatic rings. The van der Waals surface area contributed by atoms with Crippen LogP contribution in [0.1, 0.15) is 51.5 Å². The summed E-state index contributed by atoms with van der Waals surface area (Å²) in [6.07, 6.45) is 3.94. The van der Waals surface area contributed by atoms with Crippen LogP contribution >= 0.6 is 0 Å². The average molecular weight is 415 g/mol. The zero-order valence-electron chi connectivity index (χ0n) is 17.6. The number of rotatable bonds is 7. The minimum Gasteiger partial charge on any atom is -0.454 e. The monoisotopic (exact) mass is 415 g/mol. The number of carbonyl (C=O) groups is 4. The van der Waals surface area contributed by atoms with Gasteiger partial charge in [-0.3, -0.25) is 19.3 Å². The van der Waals surface area contributed by atoms with Crippen molar-refractivity contribution < 1.29 is 23.9 Å². The van der Waals surface area contributed by atoms with Crippen LogP contribution in [0, 0.1) is 0 Å². The molecule has 2 aliphatic rings. The van der Waals surface area contributed by atoms with Gasteiger partial charge in [-0.25, -0.2) is 4.79 Å². The molecule has 1 spiro atoms. The average Bonchev–Trinajstić information content (AvgIpc) is 2.95. The van der Waals surface area contributed by atoms with Gasteiger partial charge in [0.1, 0.15) is 12.1 Å². The third-order valence-electron chi connectivity index (χ3n) is 5.74. The fourth-order valence-corrected chi connectivity index (χ4v) is 4.05. The van der Waals surface area contributed by atoms with Gasteiger partial charge in [-0.05, 0) is 32.3 Å². The Balaban J connectivity index is 1.53. The van der Waals surface area contributed by atoms with E-state index in [9.17, 15) is 19.2 Å². The number of esters is 1. The number of benzene rings is 1. The largest absolute Gasteiger partial charge is 0.454 e. The molecule has 8 nitrogen and oxygen atoms in total. The molecule has 2 fully saturated rings. The van der Waals surface area contributed by atoms with Crippen LogP contribution in [0.5, 0.6) is 0 Å². The highest BCUT2D eigenvalue weighted by Crippen LogP contribution is 2.33. The molecule has 1 heterocycles. The molecule has 162 valence electrons. The number of nitrogens with one attached hydrogen (secondary N) is 1. The van der Waals surface area contributed by atoms with Gasteiger partial charge in [0, 0.05) is 12.6 Å². The second kappa shape index (κ2) is 9.28. The molecule has 0 unspecified atom stereocenters. The summed E-state index contributed by atoms with van der Waals surface area (Å²) in [5.74, 6) is -1.48. The van der Waals surface area contributed by atoms with Gasteiger partial charge in [-0.2, -0.15) is 0 Å². The van der Waals surface area contributed by atoms with Crippen LogP contribution in [0.3, 0.4) is 0 Å². The summed E-state index contributed by atoms with van der Waals surface area (Å²) < 4.78 is 5.10. The summed E-state index contributed by atoms with van der Waals surface area (Å²) in [5, 5.41) is 2.75. The lowest BCUT2D eigenvalue weighted by atomic mass is 9.82. The maximum Gasteiger partial charge on any atom is 0.326 e. The van der Waals surface area contributed by atoms with Crippen LogP contribution in [0.25, 0.3) is 0 Å². The van der Waals surface area contributed by atoms with Crippen LogP contribution in [-0.2, 0) is 25.7 Å². The molecular formula is C22H29N3O5. The first-order valence-electron chi connectivity index (χ1n) is 10.5. The number of nitrogens with zero attached hydrogens (tertiary/aromatic N) is 2. The first kappa shape index (κ1) is 21.8. The van der Waals surface area contributed by atoms with Crippen molar-refractivity contribution in [2.24, 2.45) is 0 Å². The number of imide groups is 1. The maximum absolute atomic E-state index is 12.7. The minimum atomic E-state index is -0.879. The van der Waals surface area contributed by atoms with Crippen LogP contribution in [0.2, 0.25) is 0 Å². The standard InChI is InChI=1S/C22H29N3O5/c1-16(2)24(13-17-9-5-3-6-10-17)18(26)15-30-19(27)14-25-20(28)22(23-21(25)29)11-7-4-8-12-22/h3,5-6,9-10,16H,4,7-8,11-15H2,1-2H3,(H,23,29). The second-order valence-corrected chi connectivity index (χ2v) is 8.23. The molecule has 1 aliphatic heterocycles. The Morgan fingerprint density at radius 2 is 1.80 bits per heavy atom. The van der Waals surface area contributed by atoms with E-state index in [1.165, 1.54) is 0 Å². The number of hydrogen-bond donors (Lipinski definition) is 1. The normalized spacial score (nSPS) is 17.9. The fraction of sp³-hybridized carbons (Fsp3) is 0.545. The summed E-state index contributed by atoms with van der Waals surface area (Å²) in [6, 6.07) is 8.90. The molecule has 1 saturated heterocycles. The maximum atomic E-state index is 12.7. The number of urea groups is 1. The van der Waals surface area contributed by atoms with Gasteiger partial charge in [0.15, 0.2) is 6.61 Å². The first-order valence-corrected chi connectivity index (χ1v) is 10.5. The summed E-state index contributed by atoms with van der Waals surface area (Å²) in [5.41, 5.74) is 0.0956. The van der Waals surface area contributed by atoms with Crippen LogP contribution in [0.4, 0.5) is 4.79 Å². The quantitative estimate of drug-likeness (QED) is 0.544. The lowest BCUT2D eigenvalue weighted by Gasteiger charge is -2.30. The third kappa shape index (κ3) is 4.80. The minimum absolute atomic E-state index is 0.0755. The van der Waals surface area contributed by atoms with Gasteiger partial charge in [0.25, 0.3) is 11.8 Å². The summed E-state index contributed by atoms with van der Waals surface area (Å²) in [6.45, 7) is 3.27. The molecule has 4 amide bonds. The smallest absolute Gasteiger partial charge is 0.326 e. The van der Waals surface area contributed by atoms with Gasteiger partial charge >= 0.3 is 12.0 Å². The van der Waals surface area contributed by atoms with E-state index < -0.39 is 30.7 Å². The molecule has 0 radical (unpaired) electrons. The Morgan fingerprint density at radius 1 is 1.13 bits per heavy atom. The Morgan fingerprint density at radius 3 is 2.43 bits per heavy atom. The molecule has 1 aliphatic carbocycles. The Labute approximate surface area is 176 Å². The van der Waals surface area contributed by atoms with Crippen molar-refractivity contribution in [3.63, 3.8) is 0 Å². The first-order chi connectivity index (χ1) is 14.3. The van der Waals surface area contributed by atoms with Crippen molar-refractivity contribution in [3.8, 4) is 0 Å². The van der Waals surface area contributed by atoms with E-state index in [1.54, 1.807) is 4.90 Å². The van der Waals surface area contributed by atoms with Crippen molar-refractivity contribution in [2.45, 2.75) is 64.1 Å². The van der Waals surface area contributed by atoms with E-state index in [2.05, 4.69) is 5.32 Å². The second-order valence-electron chi connectivity index (χ2n) is 8.23. The van der Waals surface area contributed by atoms with E-state index in [4.69, 9.17) is 4.74 Å². The molecule has 0 bridgehead atoms. The molecule has 8 heteroatoms. The number of ether oxygens (including phenoxy) is 1. The summed E-state index contributed by atoms with van der Waals surface area (Å²) in [7, 11) is 0. The molecule has 0 atom stereocenters. The summed E-state index contributed by atoms with van der Waals surface area (Å²) in [4.78, 5) is 52.3. The van der Waals surface area contributed by atoms with E-state index >= 15 is 0 Å². The van der Waals surface area contributed by atoms with Gasteiger partial charge in [-0.1, -0.05) is 49.6 Å². The van der Waals surface area contributed by atoms with Crippen LogP contribution < -0.4 is 5.32 Å². The van der Waals surface area contributed by atoms with Gasteiger partial charge in [-0.15, -0.1) is 0 Å². The zero-order valence-corrected chi connectivity index (χ0v) is 17.6. The molecule has 1 N–H and O–H groups in total. The molecule has 1 aromatic carbocycles. The Hall–Kier alpha value is -2.90. The van der Waals surface area contributed by atoms with E-state index in [0.29, 0.717) is 19.4 Å². The molecular weight excluding hydrogens is 386 g/mol. The van der Waals surface area contributed by atoms with Crippen molar-refractivity contribution in [2.75, 3.05) is 13.2 Å². The topological polar surface area (TPSA) is 96.0 Å². The fourth-order valence-electron chi connectivity index (χ4n) is 4.05. The Bertz CT molecular complexity index is 802. The third-order valence-corrected chi connectivity index (χ3v) is 5.74. The van der Waals surface area contributed by atoms with Gasteiger partial charge in [0.05, 0.1) is 0 Å².